The molecule has 0 aromatic heterocycles. The maximum Gasteiger partial charge on any atom is 0.335 e. The fraction of sp³-hybridized carbons (Fsp3) is 0.273. The lowest BCUT2D eigenvalue weighted by Gasteiger charge is -2.09. The Kier molecular flexibility index (Phi) is 3.14. The number of benzene rings is 1. The highest BCUT2D eigenvalue weighted by molar-refractivity contribution is 8.14. The van der Waals surface area contributed by atoms with Crippen molar-refractivity contribution >= 4 is 28.6 Å². The molecular formula is C11H12N2O2S. The van der Waals surface area contributed by atoms with Crippen molar-refractivity contribution in [1.82, 2.24) is 0 Å². The smallest absolute Gasteiger partial charge is 0.335 e. The van der Waals surface area contributed by atoms with Crippen LogP contribution < -0.4 is 5.32 Å². The number of thioether (sulfide) groups is 1. The topological polar surface area (TPSA) is 61.7 Å². The van der Waals surface area contributed by atoms with Gasteiger partial charge in [0.25, 0.3) is 0 Å². The number of aromatic carboxylic acids is 1. The number of carbonyl (C=O) groups is 1. The molecule has 0 atom stereocenters. The number of carboxylic acid groups (broad SMARTS) is 1. The molecule has 0 spiro atoms. The Morgan fingerprint density at radius 2 is 2.38 bits per heavy atom. The molecule has 1 aromatic carbocycles. The van der Waals surface area contributed by atoms with Gasteiger partial charge in [-0.2, -0.15) is 0 Å². The fourth-order valence-corrected chi connectivity index (χ4v) is 2.16. The van der Waals surface area contributed by atoms with E-state index in [4.69, 9.17) is 5.11 Å². The number of anilines is 1. The Morgan fingerprint density at radius 1 is 1.56 bits per heavy atom. The molecule has 1 heterocycles. The Labute approximate surface area is 97.8 Å². The second-order valence-corrected chi connectivity index (χ2v) is 4.58. The average molecular weight is 236 g/mol. The first kappa shape index (κ1) is 11.0. The van der Waals surface area contributed by atoms with Crippen molar-refractivity contribution in [2.45, 2.75) is 6.92 Å². The van der Waals surface area contributed by atoms with Gasteiger partial charge >= 0.3 is 5.97 Å². The maximum atomic E-state index is 10.8. The van der Waals surface area contributed by atoms with Gasteiger partial charge in [-0.1, -0.05) is 17.8 Å². The first-order valence-corrected chi connectivity index (χ1v) is 5.93. The van der Waals surface area contributed by atoms with Crippen molar-refractivity contribution in [3.63, 3.8) is 0 Å². The molecule has 2 rings (SSSR count). The predicted molar refractivity (Wildman–Crippen MR) is 66.5 cm³/mol. The summed E-state index contributed by atoms with van der Waals surface area (Å²) in [7, 11) is 0. The first-order chi connectivity index (χ1) is 7.66. The number of rotatable bonds is 2. The average Bonchev–Trinajstić information content (AvgIpc) is 2.73. The summed E-state index contributed by atoms with van der Waals surface area (Å²) in [6.07, 6.45) is 0. The quantitative estimate of drug-likeness (QED) is 0.826. The highest BCUT2D eigenvalue weighted by Gasteiger charge is 2.10. The van der Waals surface area contributed by atoms with Gasteiger partial charge in [0.2, 0.25) is 0 Å². The van der Waals surface area contributed by atoms with Crippen LogP contribution >= 0.6 is 11.8 Å². The molecule has 1 aliphatic rings. The molecule has 0 unspecified atom stereocenters. The molecule has 1 aliphatic heterocycles. The molecule has 0 fully saturated rings. The maximum absolute atomic E-state index is 10.8. The highest BCUT2D eigenvalue weighted by atomic mass is 32.2. The monoisotopic (exact) mass is 236 g/mol. The van der Waals surface area contributed by atoms with Crippen molar-refractivity contribution in [3.05, 3.63) is 29.3 Å². The van der Waals surface area contributed by atoms with Crippen LogP contribution in [0.1, 0.15) is 15.9 Å². The van der Waals surface area contributed by atoms with E-state index in [1.54, 1.807) is 30.0 Å². The summed E-state index contributed by atoms with van der Waals surface area (Å²) >= 11 is 1.65. The van der Waals surface area contributed by atoms with E-state index in [1.165, 1.54) is 0 Å². The molecule has 0 amide bonds. The molecule has 4 nitrogen and oxygen atoms in total. The number of nitrogens with one attached hydrogen (secondary N) is 1. The fourth-order valence-electron chi connectivity index (χ4n) is 1.42. The summed E-state index contributed by atoms with van der Waals surface area (Å²) in [6.45, 7) is 2.76. The third-order valence-electron chi connectivity index (χ3n) is 2.31. The molecule has 1 aromatic rings. The molecule has 5 heteroatoms. The summed E-state index contributed by atoms with van der Waals surface area (Å²) < 4.78 is 0. The zero-order chi connectivity index (χ0) is 11.5. The van der Waals surface area contributed by atoms with Gasteiger partial charge in [-0.3, -0.25) is 4.99 Å². The van der Waals surface area contributed by atoms with Crippen LogP contribution in [0.2, 0.25) is 0 Å². The van der Waals surface area contributed by atoms with Crippen LogP contribution in [0, 0.1) is 6.92 Å². The third kappa shape index (κ3) is 2.36. The van der Waals surface area contributed by atoms with Crippen molar-refractivity contribution in [2.24, 2.45) is 4.99 Å². The van der Waals surface area contributed by atoms with Crippen LogP contribution in [0.15, 0.2) is 23.2 Å². The number of aryl methyl sites for hydroxylation is 1. The molecule has 84 valence electrons. The molecule has 0 aliphatic carbocycles. The predicted octanol–water partition coefficient (Wildman–Crippen LogP) is 2.21. The van der Waals surface area contributed by atoms with Crippen LogP contribution in [-0.4, -0.2) is 28.5 Å². The number of aliphatic imine (C=N–C) groups is 1. The first-order valence-electron chi connectivity index (χ1n) is 4.95. The van der Waals surface area contributed by atoms with E-state index in [-0.39, 0.29) is 5.56 Å². The standard InChI is InChI=1S/C11H12N2O2S/c1-7-2-3-8(10(14)15)6-9(7)13-11-12-4-5-16-11/h2-3,6H,4-5H2,1H3,(H,12,13)(H,14,15). The summed E-state index contributed by atoms with van der Waals surface area (Å²) in [5, 5.41) is 12.9. The molecule has 0 saturated carbocycles. The Balaban J connectivity index is 2.24. The van der Waals surface area contributed by atoms with E-state index in [2.05, 4.69) is 10.3 Å². The minimum absolute atomic E-state index is 0.289. The minimum Gasteiger partial charge on any atom is -0.478 e. The second-order valence-electron chi connectivity index (χ2n) is 3.50. The van der Waals surface area contributed by atoms with Crippen molar-refractivity contribution in [2.75, 3.05) is 17.6 Å². The van der Waals surface area contributed by atoms with Crippen LogP contribution in [0.5, 0.6) is 0 Å². The highest BCUT2D eigenvalue weighted by Crippen LogP contribution is 2.20. The molecule has 16 heavy (non-hydrogen) atoms. The lowest BCUT2D eigenvalue weighted by Crippen LogP contribution is -2.07. The van der Waals surface area contributed by atoms with E-state index in [0.717, 1.165) is 28.7 Å². The summed E-state index contributed by atoms with van der Waals surface area (Å²) in [6, 6.07) is 5.04. The molecule has 0 bridgehead atoms. The second kappa shape index (κ2) is 4.57. The summed E-state index contributed by atoms with van der Waals surface area (Å²) in [5.41, 5.74) is 2.12. The van der Waals surface area contributed by atoms with E-state index < -0.39 is 5.97 Å². The summed E-state index contributed by atoms with van der Waals surface area (Å²) in [4.78, 5) is 15.1. The largest absolute Gasteiger partial charge is 0.478 e. The Morgan fingerprint density at radius 3 is 3.00 bits per heavy atom. The van der Waals surface area contributed by atoms with Crippen LogP contribution in [-0.2, 0) is 0 Å². The van der Waals surface area contributed by atoms with Gasteiger partial charge in [-0.25, -0.2) is 4.79 Å². The van der Waals surface area contributed by atoms with Gasteiger partial charge in [0, 0.05) is 11.4 Å². The van der Waals surface area contributed by atoms with Crippen molar-refractivity contribution in [3.8, 4) is 0 Å². The number of amidine groups is 1. The normalized spacial score (nSPS) is 14.7. The lowest BCUT2D eigenvalue weighted by atomic mass is 10.1. The van der Waals surface area contributed by atoms with Crippen LogP contribution in [0.4, 0.5) is 5.69 Å². The van der Waals surface area contributed by atoms with Gasteiger partial charge in [-0.05, 0) is 24.6 Å². The Bertz CT molecular complexity index is 457. The molecule has 0 saturated heterocycles. The van der Waals surface area contributed by atoms with E-state index >= 15 is 0 Å². The third-order valence-corrected chi connectivity index (χ3v) is 3.20. The zero-order valence-electron chi connectivity index (χ0n) is 8.86. The van der Waals surface area contributed by atoms with Crippen molar-refractivity contribution in [1.29, 1.82) is 0 Å². The lowest BCUT2D eigenvalue weighted by molar-refractivity contribution is 0.0697. The van der Waals surface area contributed by atoms with Crippen LogP contribution in [0.25, 0.3) is 0 Å². The number of nitrogens with zero attached hydrogens (tertiary/aromatic N) is 1. The van der Waals surface area contributed by atoms with Crippen LogP contribution in [0.3, 0.4) is 0 Å². The number of carboxylic acids is 1. The minimum atomic E-state index is -0.913. The Hall–Kier alpha value is -1.49. The van der Waals surface area contributed by atoms with Gasteiger partial charge in [-0.15, -0.1) is 0 Å². The molecule has 0 radical (unpaired) electrons. The van der Waals surface area contributed by atoms with E-state index in [1.807, 2.05) is 6.92 Å². The van der Waals surface area contributed by atoms with E-state index in [9.17, 15) is 4.79 Å². The number of hydrogen-bond donors (Lipinski definition) is 2. The molecular weight excluding hydrogens is 224 g/mol. The summed E-state index contributed by atoms with van der Waals surface area (Å²) in [5.74, 6) is 0.0732. The van der Waals surface area contributed by atoms with E-state index in [0.29, 0.717) is 0 Å². The zero-order valence-corrected chi connectivity index (χ0v) is 9.67. The van der Waals surface area contributed by atoms with Gasteiger partial charge < -0.3 is 10.4 Å². The van der Waals surface area contributed by atoms with Gasteiger partial charge in [0.15, 0.2) is 5.17 Å². The van der Waals surface area contributed by atoms with Gasteiger partial charge in [0.1, 0.15) is 0 Å². The molecule has 2 N–H and O–H groups in total. The number of hydrogen-bond acceptors (Lipinski definition) is 4. The SMILES string of the molecule is Cc1ccc(C(=O)O)cc1NC1=NCCS1. The van der Waals surface area contributed by atoms with Crippen molar-refractivity contribution < 1.29 is 9.90 Å². The van der Waals surface area contributed by atoms with Gasteiger partial charge in [0.05, 0.1) is 12.1 Å².